The van der Waals surface area contributed by atoms with E-state index in [4.69, 9.17) is 9.57 Å². The minimum atomic E-state index is -0.567. The van der Waals surface area contributed by atoms with E-state index in [1.807, 2.05) is 49.4 Å². The number of fused-ring (bicyclic) bond motifs is 4. The van der Waals surface area contributed by atoms with Gasteiger partial charge >= 0.3 is 5.97 Å². The molecular formula is C31H28N2O5. The molecule has 2 heterocycles. The van der Waals surface area contributed by atoms with Crippen LogP contribution >= 0.6 is 0 Å². The average molecular weight is 509 g/mol. The number of rotatable bonds is 8. The zero-order valence-electron chi connectivity index (χ0n) is 21.6. The van der Waals surface area contributed by atoms with Crippen molar-refractivity contribution in [2.75, 3.05) is 0 Å². The third-order valence-electron chi connectivity index (χ3n) is 6.65. The monoisotopic (exact) mass is 508 g/mol. The predicted molar refractivity (Wildman–Crippen MR) is 148 cm³/mol. The van der Waals surface area contributed by atoms with Crippen LogP contribution in [0.1, 0.15) is 66.3 Å². The maximum absolute atomic E-state index is 13.4. The third-order valence-corrected chi connectivity index (χ3v) is 6.65. The van der Waals surface area contributed by atoms with Gasteiger partial charge in [-0.05, 0) is 73.9 Å². The summed E-state index contributed by atoms with van der Waals surface area (Å²) in [5, 5.41) is 5.73. The van der Waals surface area contributed by atoms with Gasteiger partial charge in [-0.1, -0.05) is 36.7 Å². The van der Waals surface area contributed by atoms with Gasteiger partial charge in [0.25, 0.3) is 0 Å². The number of oxime groups is 1. The Kier molecular flexibility index (Phi) is 6.92. The number of allylic oxidation sites excluding steroid dienone is 1. The molecular weight excluding hydrogens is 480 g/mol. The van der Waals surface area contributed by atoms with Gasteiger partial charge in [-0.25, -0.2) is 4.79 Å². The van der Waals surface area contributed by atoms with E-state index in [0.717, 1.165) is 46.8 Å². The molecule has 3 aromatic carbocycles. The third kappa shape index (κ3) is 4.63. The fourth-order valence-corrected chi connectivity index (χ4v) is 4.81. The van der Waals surface area contributed by atoms with Gasteiger partial charge in [-0.15, -0.1) is 0 Å². The fourth-order valence-electron chi connectivity index (χ4n) is 4.81. The molecule has 1 aromatic heterocycles. The summed E-state index contributed by atoms with van der Waals surface area (Å²) in [6.07, 6.45) is 3.81. The van der Waals surface area contributed by atoms with E-state index in [2.05, 4.69) is 16.6 Å². The Morgan fingerprint density at radius 1 is 1.00 bits per heavy atom. The first-order chi connectivity index (χ1) is 18.4. The highest BCUT2D eigenvalue weighted by molar-refractivity contribution is 6.46. The number of ketones is 2. The molecule has 5 rings (SSSR count). The van der Waals surface area contributed by atoms with Gasteiger partial charge < -0.3 is 14.1 Å². The topological polar surface area (TPSA) is 87.0 Å². The summed E-state index contributed by atoms with van der Waals surface area (Å²) < 4.78 is 8.00. The summed E-state index contributed by atoms with van der Waals surface area (Å²) in [5.41, 5.74) is 4.10. The number of hydrogen-bond donors (Lipinski definition) is 0. The number of aromatic nitrogens is 1. The minimum Gasteiger partial charge on any atom is -0.452 e. The number of nitrogens with zero attached hydrogens (tertiary/aromatic N) is 2. The van der Waals surface area contributed by atoms with E-state index in [1.165, 1.54) is 6.92 Å². The van der Waals surface area contributed by atoms with Crippen LogP contribution < -0.4 is 4.74 Å². The first kappa shape index (κ1) is 25.1. The molecule has 0 amide bonds. The van der Waals surface area contributed by atoms with Gasteiger partial charge in [-0.3, -0.25) is 9.59 Å². The second-order valence-electron chi connectivity index (χ2n) is 9.24. The average Bonchev–Trinajstić information content (AvgIpc) is 3.41. The Morgan fingerprint density at radius 3 is 2.45 bits per heavy atom. The van der Waals surface area contributed by atoms with Crippen LogP contribution in [0, 0.1) is 0 Å². The molecule has 0 unspecified atom stereocenters. The van der Waals surface area contributed by atoms with Crippen LogP contribution in [-0.2, 0) is 16.2 Å². The van der Waals surface area contributed by atoms with Crippen LogP contribution in [0.4, 0.5) is 0 Å². The van der Waals surface area contributed by atoms with Crippen molar-refractivity contribution in [2.24, 2.45) is 5.16 Å². The van der Waals surface area contributed by atoms with Crippen molar-refractivity contribution in [1.82, 2.24) is 4.57 Å². The number of carbonyl (C=O) groups excluding carboxylic acids is 3. The van der Waals surface area contributed by atoms with Crippen LogP contribution in [0.25, 0.3) is 27.9 Å². The standard InChI is InChI=1S/C31H28N2O5/c1-4-6-10-25(32-38-19(3)34)30(35)21-13-15-27-24(18-21)23-16-20(12-14-26(23)33(27)5-2)17-29-31(36)22-9-7-8-11-28(22)37-29/h7-9,11-18H,4-6,10H2,1-3H3. The van der Waals surface area contributed by atoms with Crippen molar-refractivity contribution < 1.29 is 24.0 Å². The molecule has 0 aliphatic carbocycles. The summed E-state index contributed by atoms with van der Waals surface area (Å²) in [7, 11) is 0. The Hall–Kier alpha value is -4.52. The lowest BCUT2D eigenvalue weighted by atomic mass is 10.00. The molecule has 192 valence electrons. The van der Waals surface area contributed by atoms with E-state index in [0.29, 0.717) is 23.3 Å². The Morgan fingerprint density at radius 2 is 1.74 bits per heavy atom. The summed E-state index contributed by atoms with van der Waals surface area (Å²) in [5.74, 6) is -0.133. The molecule has 0 spiro atoms. The smallest absolute Gasteiger partial charge is 0.331 e. The number of Topliss-reactive ketones (excluding diaryl/α,β-unsaturated/α-hetero) is 2. The number of aryl methyl sites for hydroxylation is 1. The first-order valence-corrected chi connectivity index (χ1v) is 12.8. The number of carbonyl (C=O) groups is 3. The molecule has 0 bridgehead atoms. The molecule has 4 aromatic rings. The molecule has 0 atom stereocenters. The second-order valence-corrected chi connectivity index (χ2v) is 9.24. The number of benzene rings is 3. The maximum Gasteiger partial charge on any atom is 0.331 e. The lowest BCUT2D eigenvalue weighted by Crippen LogP contribution is -2.15. The lowest BCUT2D eigenvalue weighted by molar-refractivity contribution is -0.140. The largest absolute Gasteiger partial charge is 0.452 e. The molecule has 0 saturated heterocycles. The highest BCUT2D eigenvalue weighted by Crippen LogP contribution is 2.34. The van der Waals surface area contributed by atoms with Crippen LogP contribution in [0.15, 0.2) is 71.6 Å². The number of para-hydroxylation sites is 1. The first-order valence-electron chi connectivity index (χ1n) is 12.8. The molecule has 7 heteroatoms. The molecule has 1 aliphatic heterocycles. The fraction of sp³-hybridized carbons (Fsp3) is 0.226. The number of hydrogen-bond acceptors (Lipinski definition) is 6. The van der Waals surface area contributed by atoms with Crippen molar-refractivity contribution >= 4 is 51.1 Å². The molecule has 38 heavy (non-hydrogen) atoms. The summed E-state index contributed by atoms with van der Waals surface area (Å²) >= 11 is 0. The summed E-state index contributed by atoms with van der Waals surface area (Å²) in [6, 6.07) is 18.8. The Bertz CT molecular complexity index is 1660. The van der Waals surface area contributed by atoms with E-state index >= 15 is 0 Å². The van der Waals surface area contributed by atoms with Crippen molar-refractivity contribution in [2.45, 2.75) is 46.6 Å². The van der Waals surface area contributed by atoms with E-state index in [1.54, 1.807) is 24.3 Å². The number of unbranched alkanes of at least 4 members (excludes halogenated alkanes) is 1. The Labute approximate surface area is 220 Å². The quantitative estimate of drug-likeness (QED) is 0.0867. The highest BCUT2D eigenvalue weighted by Gasteiger charge is 2.26. The van der Waals surface area contributed by atoms with Gasteiger partial charge in [0.05, 0.1) is 5.56 Å². The van der Waals surface area contributed by atoms with Crippen molar-refractivity contribution in [3.8, 4) is 5.75 Å². The maximum atomic E-state index is 13.4. The van der Waals surface area contributed by atoms with Crippen molar-refractivity contribution in [3.05, 3.63) is 83.1 Å². The normalized spacial score (nSPS) is 14.2. The van der Waals surface area contributed by atoms with Gasteiger partial charge in [-0.2, -0.15) is 0 Å². The SMILES string of the molecule is CCCCC(=NOC(C)=O)C(=O)c1ccc2c(c1)c1cc(C=C3Oc4ccccc4C3=O)ccc1n2CC. The molecule has 0 N–H and O–H groups in total. The summed E-state index contributed by atoms with van der Waals surface area (Å²) in [6.45, 7) is 6.10. The second kappa shape index (κ2) is 10.5. The lowest BCUT2D eigenvalue weighted by Gasteiger charge is -2.06. The van der Waals surface area contributed by atoms with Crippen molar-refractivity contribution in [3.63, 3.8) is 0 Å². The number of ether oxygens (including phenoxy) is 1. The van der Waals surface area contributed by atoms with Crippen LogP contribution in [0.2, 0.25) is 0 Å². The van der Waals surface area contributed by atoms with E-state index in [9.17, 15) is 14.4 Å². The molecule has 0 saturated carbocycles. The molecule has 1 aliphatic rings. The summed E-state index contributed by atoms with van der Waals surface area (Å²) in [4.78, 5) is 42.3. The minimum absolute atomic E-state index is 0.142. The highest BCUT2D eigenvalue weighted by atomic mass is 16.7. The molecule has 0 fully saturated rings. The van der Waals surface area contributed by atoms with Gasteiger partial charge in [0.1, 0.15) is 11.5 Å². The van der Waals surface area contributed by atoms with Gasteiger partial charge in [0.2, 0.25) is 11.6 Å². The zero-order valence-corrected chi connectivity index (χ0v) is 21.6. The van der Waals surface area contributed by atoms with Crippen LogP contribution in [0.5, 0.6) is 5.75 Å². The van der Waals surface area contributed by atoms with Crippen LogP contribution in [-0.4, -0.2) is 27.8 Å². The molecule has 0 radical (unpaired) electrons. The zero-order chi connectivity index (χ0) is 26.8. The van der Waals surface area contributed by atoms with Gasteiger partial charge in [0, 0.05) is 40.8 Å². The van der Waals surface area contributed by atoms with E-state index in [-0.39, 0.29) is 23.0 Å². The van der Waals surface area contributed by atoms with Gasteiger partial charge in [0.15, 0.2) is 5.76 Å². The Balaban J connectivity index is 1.57. The van der Waals surface area contributed by atoms with E-state index < -0.39 is 5.97 Å². The molecule has 7 nitrogen and oxygen atoms in total. The van der Waals surface area contributed by atoms with Crippen LogP contribution in [0.3, 0.4) is 0 Å². The predicted octanol–water partition coefficient (Wildman–Crippen LogP) is 6.72. The van der Waals surface area contributed by atoms with Crippen molar-refractivity contribution in [1.29, 1.82) is 0 Å².